The van der Waals surface area contributed by atoms with Crippen LogP contribution in [-0.2, 0) is 0 Å². The zero-order valence-electron chi connectivity index (χ0n) is 10.3. The molecule has 0 aromatic heterocycles. The molecule has 2 rings (SSSR count). The van der Waals surface area contributed by atoms with Crippen molar-refractivity contribution >= 4 is 44.5 Å². The maximum Gasteiger partial charge on any atom is 0.142 e. The van der Waals surface area contributed by atoms with E-state index in [9.17, 15) is 0 Å². The molecular formula is C14H13BrN2OS. The number of halogens is 1. The van der Waals surface area contributed by atoms with Crippen LogP contribution in [0.4, 0.5) is 11.4 Å². The maximum absolute atomic E-state index is 5.77. The molecule has 5 heteroatoms. The van der Waals surface area contributed by atoms with Crippen molar-refractivity contribution in [1.82, 2.24) is 0 Å². The van der Waals surface area contributed by atoms with Gasteiger partial charge in [0.25, 0.3) is 0 Å². The Labute approximate surface area is 125 Å². The third-order valence-corrected chi connectivity index (χ3v) is 3.50. The fourth-order valence-corrected chi connectivity index (χ4v) is 2.70. The first-order chi connectivity index (χ1) is 9.13. The molecule has 0 atom stereocenters. The van der Waals surface area contributed by atoms with Crippen LogP contribution in [0.15, 0.2) is 46.9 Å². The molecule has 0 fully saturated rings. The Morgan fingerprint density at radius 3 is 2.53 bits per heavy atom. The molecule has 3 nitrogen and oxygen atoms in total. The van der Waals surface area contributed by atoms with Crippen molar-refractivity contribution in [2.45, 2.75) is 0 Å². The van der Waals surface area contributed by atoms with E-state index < -0.39 is 0 Å². The van der Waals surface area contributed by atoms with E-state index in [1.807, 2.05) is 42.5 Å². The molecule has 2 aromatic rings. The Bertz CT molecular complexity index is 616. The molecule has 0 spiro atoms. The second kappa shape index (κ2) is 6.04. The smallest absolute Gasteiger partial charge is 0.142 e. The van der Waals surface area contributed by atoms with Gasteiger partial charge in [0.1, 0.15) is 10.7 Å². The summed E-state index contributed by atoms with van der Waals surface area (Å²) >= 11 is 8.55. The van der Waals surface area contributed by atoms with Crippen molar-refractivity contribution in [3.05, 3.63) is 52.5 Å². The maximum atomic E-state index is 5.77. The molecule has 3 N–H and O–H groups in total. The Hall–Kier alpha value is -1.59. The third kappa shape index (κ3) is 3.05. The molecule has 0 unspecified atom stereocenters. The van der Waals surface area contributed by atoms with Crippen molar-refractivity contribution in [2.75, 3.05) is 12.4 Å². The molecule has 0 bridgehead atoms. The fraction of sp³-hybridized carbons (Fsp3) is 0.0714. The molecule has 0 saturated heterocycles. The molecule has 0 saturated carbocycles. The SMILES string of the molecule is COc1ccccc1Nc1cccc(Br)c1C(N)=S. The minimum Gasteiger partial charge on any atom is -0.495 e. The summed E-state index contributed by atoms with van der Waals surface area (Å²) in [6.07, 6.45) is 0. The zero-order chi connectivity index (χ0) is 13.8. The summed E-state index contributed by atoms with van der Waals surface area (Å²) in [5, 5.41) is 3.29. The highest BCUT2D eigenvalue weighted by atomic mass is 79.9. The van der Waals surface area contributed by atoms with Gasteiger partial charge in [-0.2, -0.15) is 0 Å². The Morgan fingerprint density at radius 1 is 1.16 bits per heavy atom. The van der Waals surface area contributed by atoms with Crippen molar-refractivity contribution in [2.24, 2.45) is 5.73 Å². The number of methoxy groups -OCH3 is 1. The van der Waals surface area contributed by atoms with Crippen molar-refractivity contribution < 1.29 is 4.74 Å². The van der Waals surface area contributed by atoms with Gasteiger partial charge in [-0.1, -0.05) is 30.4 Å². The van der Waals surface area contributed by atoms with E-state index >= 15 is 0 Å². The minimum absolute atomic E-state index is 0.338. The topological polar surface area (TPSA) is 47.3 Å². The van der Waals surface area contributed by atoms with Crippen LogP contribution in [0.25, 0.3) is 0 Å². The molecule has 0 aliphatic heterocycles. The largest absolute Gasteiger partial charge is 0.495 e. The highest BCUT2D eigenvalue weighted by Crippen LogP contribution is 2.31. The first-order valence-corrected chi connectivity index (χ1v) is 6.82. The Balaban J connectivity index is 2.44. The Kier molecular flexibility index (Phi) is 4.39. The van der Waals surface area contributed by atoms with Gasteiger partial charge in [-0.15, -0.1) is 0 Å². The van der Waals surface area contributed by atoms with Crippen LogP contribution in [0.3, 0.4) is 0 Å². The number of anilines is 2. The number of para-hydroxylation sites is 2. The highest BCUT2D eigenvalue weighted by molar-refractivity contribution is 9.10. The van der Waals surface area contributed by atoms with Gasteiger partial charge in [0.15, 0.2) is 0 Å². The van der Waals surface area contributed by atoms with Gasteiger partial charge in [-0.3, -0.25) is 0 Å². The lowest BCUT2D eigenvalue weighted by atomic mass is 10.1. The first-order valence-electron chi connectivity index (χ1n) is 5.62. The van der Waals surface area contributed by atoms with Crippen LogP contribution in [0.2, 0.25) is 0 Å². The van der Waals surface area contributed by atoms with Crippen LogP contribution in [0.1, 0.15) is 5.56 Å². The molecule has 0 radical (unpaired) electrons. The van der Waals surface area contributed by atoms with E-state index in [1.165, 1.54) is 0 Å². The summed E-state index contributed by atoms with van der Waals surface area (Å²) in [5.74, 6) is 0.761. The third-order valence-electron chi connectivity index (χ3n) is 2.64. The van der Waals surface area contributed by atoms with Gasteiger partial charge < -0.3 is 15.8 Å². The molecule has 19 heavy (non-hydrogen) atoms. The van der Waals surface area contributed by atoms with Gasteiger partial charge in [0.2, 0.25) is 0 Å². The van der Waals surface area contributed by atoms with Crippen LogP contribution < -0.4 is 15.8 Å². The van der Waals surface area contributed by atoms with E-state index in [4.69, 9.17) is 22.7 Å². The summed E-state index contributed by atoms with van der Waals surface area (Å²) in [6.45, 7) is 0. The quantitative estimate of drug-likeness (QED) is 0.833. The summed E-state index contributed by atoms with van der Waals surface area (Å²) < 4.78 is 6.17. The zero-order valence-corrected chi connectivity index (χ0v) is 12.7. The predicted octanol–water partition coefficient (Wildman–Crippen LogP) is 3.84. The lowest BCUT2D eigenvalue weighted by molar-refractivity contribution is 0.417. The number of hydrogen-bond donors (Lipinski definition) is 2. The van der Waals surface area contributed by atoms with Crippen molar-refractivity contribution in [1.29, 1.82) is 0 Å². The number of hydrogen-bond acceptors (Lipinski definition) is 3. The number of thiocarbonyl (C=S) groups is 1. The average molecular weight is 337 g/mol. The highest BCUT2D eigenvalue weighted by Gasteiger charge is 2.11. The molecule has 98 valence electrons. The van der Waals surface area contributed by atoms with Gasteiger partial charge >= 0.3 is 0 Å². The fourth-order valence-electron chi connectivity index (χ4n) is 1.77. The molecule has 0 aliphatic carbocycles. The number of nitrogens with one attached hydrogen (secondary N) is 1. The van der Waals surface area contributed by atoms with E-state index in [-0.39, 0.29) is 0 Å². The van der Waals surface area contributed by atoms with Crippen molar-refractivity contribution in [3.8, 4) is 5.75 Å². The summed E-state index contributed by atoms with van der Waals surface area (Å²) in [5.41, 5.74) is 8.25. The molecule has 0 amide bonds. The number of rotatable bonds is 4. The first kappa shape index (κ1) is 13.8. The standard InChI is InChI=1S/C14H13BrN2OS/c1-18-12-8-3-2-6-10(12)17-11-7-4-5-9(15)13(11)14(16)19/h2-8,17H,1H3,(H2,16,19). The van der Waals surface area contributed by atoms with Gasteiger partial charge in [0.05, 0.1) is 12.8 Å². The van der Waals surface area contributed by atoms with Crippen LogP contribution >= 0.6 is 28.1 Å². The number of ether oxygens (including phenoxy) is 1. The van der Waals surface area contributed by atoms with E-state index in [0.717, 1.165) is 27.2 Å². The summed E-state index contributed by atoms with van der Waals surface area (Å²) in [6, 6.07) is 13.4. The predicted molar refractivity (Wildman–Crippen MR) is 86.3 cm³/mol. The summed E-state index contributed by atoms with van der Waals surface area (Å²) in [4.78, 5) is 0.338. The molecule has 2 aromatic carbocycles. The lowest BCUT2D eigenvalue weighted by Gasteiger charge is -2.15. The van der Waals surface area contributed by atoms with Gasteiger partial charge in [-0.25, -0.2) is 0 Å². The Morgan fingerprint density at radius 2 is 1.84 bits per heavy atom. The van der Waals surface area contributed by atoms with E-state index in [2.05, 4.69) is 21.2 Å². The molecule has 0 heterocycles. The molecule has 0 aliphatic rings. The second-order valence-corrected chi connectivity index (χ2v) is 5.15. The minimum atomic E-state index is 0.338. The average Bonchev–Trinajstić information content (AvgIpc) is 2.39. The summed E-state index contributed by atoms with van der Waals surface area (Å²) in [7, 11) is 1.63. The van der Waals surface area contributed by atoms with Crippen molar-refractivity contribution in [3.63, 3.8) is 0 Å². The lowest BCUT2D eigenvalue weighted by Crippen LogP contribution is -2.13. The van der Waals surface area contributed by atoms with Gasteiger partial charge in [0, 0.05) is 15.7 Å². The van der Waals surface area contributed by atoms with Gasteiger partial charge in [-0.05, 0) is 40.2 Å². The second-order valence-electron chi connectivity index (χ2n) is 3.85. The number of benzene rings is 2. The van der Waals surface area contributed by atoms with Crippen LogP contribution in [0.5, 0.6) is 5.75 Å². The van der Waals surface area contributed by atoms with Crippen LogP contribution in [-0.4, -0.2) is 12.1 Å². The van der Waals surface area contributed by atoms with Crippen LogP contribution in [0, 0.1) is 0 Å². The molecular weight excluding hydrogens is 324 g/mol. The monoisotopic (exact) mass is 336 g/mol. The number of nitrogens with two attached hydrogens (primary N) is 1. The van der Waals surface area contributed by atoms with E-state index in [0.29, 0.717) is 4.99 Å². The normalized spacial score (nSPS) is 10.0. The van der Waals surface area contributed by atoms with E-state index in [1.54, 1.807) is 7.11 Å².